The fraction of sp³-hybridized carbons (Fsp3) is 0.822. The predicted molar refractivity (Wildman–Crippen MR) is 218 cm³/mol. The average Bonchev–Trinajstić information content (AvgIpc) is 3.19. The number of fused-ring (bicyclic) bond motifs is 3. The summed E-state index contributed by atoms with van der Waals surface area (Å²) in [6.45, 7) is 12.0. The molecule has 0 spiro atoms. The molecular weight excluding hydrogens is 728 g/mol. The summed E-state index contributed by atoms with van der Waals surface area (Å²) in [5.74, 6) is -5.87. The Morgan fingerprint density at radius 2 is 1.61 bits per heavy atom. The summed E-state index contributed by atoms with van der Waals surface area (Å²) in [6.07, 6.45) is 9.17. The second-order valence-electron chi connectivity index (χ2n) is 18.0. The number of Topliss-reactive ketones (excluding diaryl/α,β-unsaturated/α-hetero) is 2. The molecule has 1 amide bonds. The van der Waals surface area contributed by atoms with Crippen molar-refractivity contribution in [1.82, 2.24) is 9.80 Å². The minimum absolute atomic E-state index is 0.0648. The van der Waals surface area contributed by atoms with E-state index >= 15 is 0 Å². The van der Waals surface area contributed by atoms with E-state index in [4.69, 9.17) is 23.7 Å². The molecule has 0 aromatic carbocycles. The molecular formula is C45H74N2O10. The molecule has 0 radical (unpaired) electrons. The van der Waals surface area contributed by atoms with Gasteiger partial charge in [0.25, 0.3) is 11.7 Å². The van der Waals surface area contributed by atoms with E-state index in [1.165, 1.54) is 4.90 Å². The quantitative estimate of drug-likeness (QED) is 0.182. The molecule has 3 heterocycles. The van der Waals surface area contributed by atoms with E-state index in [0.717, 1.165) is 30.4 Å². The van der Waals surface area contributed by atoms with Crippen molar-refractivity contribution in [3.63, 3.8) is 0 Å². The Hall–Kier alpha value is -2.48. The maximum atomic E-state index is 14.4. The summed E-state index contributed by atoms with van der Waals surface area (Å²) in [6, 6.07) is -0.701. The number of nitrogens with zero attached hydrogens (tertiary/aromatic N) is 2. The molecule has 3 aliphatic heterocycles. The minimum atomic E-state index is -2.45. The molecule has 13 atom stereocenters. The molecule has 12 nitrogen and oxygen atoms in total. The summed E-state index contributed by atoms with van der Waals surface area (Å²) < 4.78 is 30.4. The van der Waals surface area contributed by atoms with Crippen molar-refractivity contribution >= 4 is 23.4 Å². The van der Waals surface area contributed by atoms with Crippen LogP contribution in [0.5, 0.6) is 0 Å². The molecule has 324 valence electrons. The number of hydrogen-bond donors (Lipinski definition) is 1. The molecule has 2 bridgehead atoms. The lowest BCUT2D eigenvalue weighted by molar-refractivity contribution is -0.302. The van der Waals surface area contributed by atoms with E-state index in [1.807, 2.05) is 27.7 Å². The summed E-state index contributed by atoms with van der Waals surface area (Å²) in [4.78, 5) is 60.2. The molecule has 4 aliphatic rings. The SMILES string of the molecule is CC[C@@H]1/C=C(\C)C[C@H](C)C[C@H](OC)[C@H]2O[C@@](O)(C(=O)C(=O)N3CCCC[C@H]3C(=O)O[C@H](/C(C)=C/[C@@H]3CC[C@H](N(C)C)[C@H](OC)C3)[C@H](C)CCC1=O)[C@H](C)C[C@@H]2OC. The zero-order chi connectivity index (χ0) is 42.2. The fourth-order valence-electron chi connectivity index (χ4n) is 9.99. The zero-order valence-corrected chi connectivity index (χ0v) is 36.8. The summed E-state index contributed by atoms with van der Waals surface area (Å²) in [5, 5.41) is 12.1. The zero-order valence-electron chi connectivity index (χ0n) is 36.8. The second kappa shape index (κ2) is 21.2. The molecule has 57 heavy (non-hydrogen) atoms. The predicted octanol–water partition coefficient (Wildman–Crippen LogP) is 6.07. The van der Waals surface area contributed by atoms with E-state index < -0.39 is 59.8 Å². The number of hydrogen-bond acceptors (Lipinski definition) is 11. The largest absolute Gasteiger partial charge is 0.456 e. The van der Waals surface area contributed by atoms with E-state index in [1.54, 1.807) is 28.3 Å². The molecule has 4 rings (SSSR count). The number of esters is 1. The number of allylic oxidation sites excluding steroid dienone is 3. The van der Waals surface area contributed by atoms with Gasteiger partial charge >= 0.3 is 5.97 Å². The third kappa shape index (κ3) is 11.4. The highest BCUT2D eigenvalue weighted by molar-refractivity contribution is 6.39. The van der Waals surface area contributed by atoms with E-state index in [9.17, 15) is 24.3 Å². The van der Waals surface area contributed by atoms with Crippen molar-refractivity contribution in [2.75, 3.05) is 42.0 Å². The number of amides is 1. The smallest absolute Gasteiger partial charge is 0.329 e. The van der Waals surface area contributed by atoms with Gasteiger partial charge in [0.1, 0.15) is 24.0 Å². The number of piperidine rings is 1. The Kier molecular flexibility index (Phi) is 17.5. The van der Waals surface area contributed by atoms with Gasteiger partial charge in [0.05, 0.1) is 18.3 Å². The molecule has 1 aliphatic carbocycles. The number of cyclic esters (lactones) is 1. The first-order valence-corrected chi connectivity index (χ1v) is 21.6. The first-order chi connectivity index (χ1) is 27.0. The van der Waals surface area contributed by atoms with Crippen molar-refractivity contribution in [3.05, 3.63) is 23.3 Å². The highest BCUT2D eigenvalue weighted by Gasteiger charge is 2.56. The molecule has 1 N–H and O–H groups in total. The number of aliphatic hydroxyl groups is 1. The summed E-state index contributed by atoms with van der Waals surface area (Å²) in [7, 11) is 9.03. The van der Waals surface area contributed by atoms with Crippen LogP contribution in [0.2, 0.25) is 0 Å². The number of ketones is 2. The van der Waals surface area contributed by atoms with Crippen LogP contribution in [-0.2, 0) is 42.9 Å². The number of carbonyl (C=O) groups excluding carboxylic acids is 4. The Balaban J connectivity index is 1.73. The lowest BCUT2D eigenvalue weighted by Gasteiger charge is -2.47. The van der Waals surface area contributed by atoms with Gasteiger partial charge in [-0.15, -0.1) is 0 Å². The van der Waals surface area contributed by atoms with Crippen LogP contribution in [0.15, 0.2) is 23.3 Å². The van der Waals surface area contributed by atoms with E-state index in [0.29, 0.717) is 57.4 Å². The van der Waals surface area contributed by atoms with Gasteiger partial charge in [-0.1, -0.05) is 45.4 Å². The van der Waals surface area contributed by atoms with Crippen LogP contribution in [0.4, 0.5) is 0 Å². The van der Waals surface area contributed by atoms with Crippen molar-refractivity contribution in [2.24, 2.45) is 29.6 Å². The van der Waals surface area contributed by atoms with Gasteiger partial charge in [-0.2, -0.15) is 0 Å². The maximum Gasteiger partial charge on any atom is 0.329 e. The summed E-state index contributed by atoms with van der Waals surface area (Å²) >= 11 is 0. The van der Waals surface area contributed by atoms with Crippen LogP contribution in [0.25, 0.3) is 0 Å². The highest BCUT2D eigenvalue weighted by atomic mass is 16.7. The van der Waals surface area contributed by atoms with Crippen molar-refractivity contribution < 1.29 is 48.0 Å². The molecule has 0 aromatic rings. The Morgan fingerprint density at radius 1 is 0.947 bits per heavy atom. The Labute approximate surface area is 342 Å². The third-order valence-corrected chi connectivity index (χ3v) is 13.4. The average molecular weight is 803 g/mol. The molecule has 3 fully saturated rings. The normalized spacial score (nSPS) is 39.8. The molecule has 0 aromatic heterocycles. The highest BCUT2D eigenvalue weighted by Crippen LogP contribution is 2.39. The minimum Gasteiger partial charge on any atom is -0.456 e. The molecule has 12 heteroatoms. The maximum absolute atomic E-state index is 14.4. The number of ether oxygens (including phenoxy) is 5. The van der Waals surface area contributed by atoms with Gasteiger partial charge in [-0.05, 0) is 122 Å². The van der Waals surface area contributed by atoms with E-state index in [2.05, 4.69) is 38.1 Å². The first kappa shape index (κ1) is 47.2. The van der Waals surface area contributed by atoms with Crippen LogP contribution in [0, 0.1) is 29.6 Å². The van der Waals surface area contributed by atoms with Gasteiger partial charge in [-0.3, -0.25) is 14.4 Å². The topological polar surface area (TPSA) is 141 Å². The van der Waals surface area contributed by atoms with E-state index in [-0.39, 0.29) is 48.5 Å². The Bertz CT molecular complexity index is 1450. The molecule has 1 saturated carbocycles. The molecule has 0 unspecified atom stereocenters. The van der Waals surface area contributed by atoms with Crippen LogP contribution in [0.3, 0.4) is 0 Å². The van der Waals surface area contributed by atoms with Gasteiger partial charge in [0, 0.05) is 52.2 Å². The van der Waals surface area contributed by atoms with Crippen molar-refractivity contribution in [1.29, 1.82) is 0 Å². The Morgan fingerprint density at radius 3 is 2.25 bits per heavy atom. The van der Waals surface area contributed by atoms with Crippen LogP contribution in [0.1, 0.15) is 119 Å². The van der Waals surface area contributed by atoms with Gasteiger partial charge in [0.2, 0.25) is 5.79 Å². The lowest BCUT2D eigenvalue weighted by Crippen LogP contribution is -2.64. The van der Waals surface area contributed by atoms with Gasteiger partial charge in [0.15, 0.2) is 0 Å². The number of rotatable bonds is 7. The van der Waals surface area contributed by atoms with Crippen molar-refractivity contribution in [3.8, 4) is 0 Å². The molecule has 2 saturated heterocycles. The second-order valence-corrected chi connectivity index (χ2v) is 18.0. The van der Waals surface area contributed by atoms with Crippen LogP contribution < -0.4 is 0 Å². The van der Waals surface area contributed by atoms with Crippen molar-refractivity contribution in [2.45, 2.75) is 167 Å². The van der Waals surface area contributed by atoms with Crippen LogP contribution >= 0.6 is 0 Å². The number of carbonyl (C=O) groups is 4. The first-order valence-electron chi connectivity index (χ1n) is 21.6. The third-order valence-electron chi connectivity index (χ3n) is 13.4. The summed E-state index contributed by atoms with van der Waals surface area (Å²) in [5.41, 5.74) is 1.99. The lowest BCUT2D eigenvalue weighted by atomic mass is 9.81. The number of likely N-dealkylation sites (N-methyl/N-ethyl adjacent to an activating group) is 1. The van der Waals surface area contributed by atoms with Gasteiger partial charge < -0.3 is 38.6 Å². The van der Waals surface area contributed by atoms with Crippen LogP contribution in [-0.4, -0.2) is 129 Å². The fourth-order valence-corrected chi connectivity index (χ4v) is 9.99. The monoisotopic (exact) mass is 803 g/mol. The number of methoxy groups -OCH3 is 3. The van der Waals surface area contributed by atoms with Gasteiger partial charge in [-0.25, -0.2) is 4.79 Å². The standard InChI is InChI=1S/C45H74N2O10/c1-12-33-22-27(2)21-28(3)23-38(54-10)41-39(55-11)25-31(6)45(52,57-41)42(49)43(50)47-20-14-13-15-35(47)44(51)56-40(29(4)16-19-36(33)48)30(5)24-32-17-18-34(46(7)8)37(26-32)53-9/h22,24,28-29,31-35,37-41,52H,12-21,23,25-26H2,1-11H3/b27-22+,30-24+/t28-,29+,31+,32-,33+,34-,35-,37+,38-,39-,40-,41+,45+/m0/s1.